The van der Waals surface area contributed by atoms with Crippen LogP contribution in [0.2, 0.25) is 0 Å². The summed E-state index contributed by atoms with van der Waals surface area (Å²) in [6, 6.07) is 0. The van der Waals surface area contributed by atoms with Gasteiger partial charge in [0.05, 0.1) is 12.2 Å². The molecule has 62 valence electrons. The first-order valence-electron chi connectivity index (χ1n) is 4.29. The van der Waals surface area contributed by atoms with Crippen molar-refractivity contribution in [2.45, 2.75) is 45.3 Å². The van der Waals surface area contributed by atoms with Crippen LogP contribution in [0.1, 0.15) is 33.1 Å². The molecule has 0 amide bonds. The van der Waals surface area contributed by atoms with E-state index in [2.05, 4.69) is 0 Å². The number of hydrogen-bond acceptors (Lipinski definition) is 2. The highest BCUT2D eigenvalue weighted by molar-refractivity contribution is 5.86. The molecule has 2 fully saturated rings. The summed E-state index contributed by atoms with van der Waals surface area (Å²) < 4.78 is 5.66. The van der Waals surface area contributed by atoms with Gasteiger partial charge in [0.25, 0.3) is 0 Å². The second kappa shape index (κ2) is 2.07. The van der Waals surface area contributed by atoms with Gasteiger partial charge in [0.2, 0.25) is 0 Å². The largest absolute Gasteiger partial charge is 0.374 e. The molecule has 2 rings (SSSR count). The van der Waals surface area contributed by atoms with Gasteiger partial charge in [-0.05, 0) is 12.8 Å². The Morgan fingerprint density at radius 1 is 1.45 bits per heavy atom. The molecule has 0 N–H and O–H groups in total. The Kier molecular flexibility index (Phi) is 1.37. The number of carbonyl (C=O) groups is 1. The minimum Gasteiger partial charge on any atom is -0.374 e. The smallest absolute Gasteiger partial charge is 0.143 e. The quantitative estimate of drug-likeness (QED) is 0.529. The average Bonchev–Trinajstić information content (AvgIpc) is 2.31. The molecule has 0 spiro atoms. The molecule has 2 bridgehead atoms. The van der Waals surface area contributed by atoms with Gasteiger partial charge in [-0.1, -0.05) is 13.8 Å². The molecule has 2 aliphatic heterocycles. The molecular weight excluding hydrogens is 140 g/mol. The summed E-state index contributed by atoms with van der Waals surface area (Å²) in [6.45, 7) is 4.00. The molecule has 2 aliphatic rings. The van der Waals surface area contributed by atoms with Gasteiger partial charge in [0.1, 0.15) is 5.78 Å². The van der Waals surface area contributed by atoms with Crippen molar-refractivity contribution in [2.24, 2.45) is 5.41 Å². The Hall–Kier alpha value is -0.370. The summed E-state index contributed by atoms with van der Waals surface area (Å²) in [6.07, 6.45) is 3.25. The number of Topliss-reactive ketones (excluding diaryl/α,β-unsaturated/α-hetero) is 1. The number of carbonyl (C=O) groups excluding carboxylic acids is 1. The second-order valence-electron chi connectivity index (χ2n) is 4.17. The Bertz CT molecular complexity index is 196. The predicted molar refractivity (Wildman–Crippen MR) is 41.3 cm³/mol. The van der Waals surface area contributed by atoms with E-state index in [1.807, 2.05) is 13.8 Å². The highest BCUT2D eigenvalue weighted by Gasteiger charge is 2.47. The third-order valence-electron chi connectivity index (χ3n) is 3.04. The molecule has 0 aliphatic carbocycles. The van der Waals surface area contributed by atoms with Crippen molar-refractivity contribution in [3.05, 3.63) is 0 Å². The van der Waals surface area contributed by atoms with Crippen LogP contribution in [-0.2, 0) is 9.53 Å². The van der Waals surface area contributed by atoms with E-state index in [1.54, 1.807) is 0 Å². The first kappa shape index (κ1) is 7.29. The molecule has 2 heterocycles. The van der Waals surface area contributed by atoms with Crippen molar-refractivity contribution in [2.75, 3.05) is 0 Å². The normalized spacial score (nSPS) is 41.1. The molecule has 0 saturated carbocycles. The standard InChI is InChI=1S/C9H14O2/c1-9(2)7(10)5-6-3-4-8(9)11-6/h6,8H,3-5H2,1-2H3. The minimum atomic E-state index is -0.215. The number of fused-ring (bicyclic) bond motifs is 2. The third-order valence-corrected chi connectivity index (χ3v) is 3.04. The molecule has 0 radical (unpaired) electrons. The molecule has 2 saturated heterocycles. The van der Waals surface area contributed by atoms with E-state index >= 15 is 0 Å². The summed E-state index contributed by atoms with van der Waals surface area (Å²) in [7, 11) is 0. The maximum atomic E-state index is 11.5. The van der Waals surface area contributed by atoms with E-state index in [4.69, 9.17) is 4.74 Å². The van der Waals surface area contributed by atoms with E-state index in [-0.39, 0.29) is 17.6 Å². The Morgan fingerprint density at radius 2 is 2.18 bits per heavy atom. The summed E-state index contributed by atoms with van der Waals surface area (Å²) >= 11 is 0. The summed E-state index contributed by atoms with van der Waals surface area (Å²) in [4.78, 5) is 11.5. The molecule has 2 unspecified atom stereocenters. The molecule has 2 atom stereocenters. The van der Waals surface area contributed by atoms with Crippen LogP contribution in [0, 0.1) is 5.41 Å². The molecule has 11 heavy (non-hydrogen) atoms. The first-order chi connectivity index (χ1) is 5.10. The van der Waals surface area contributed by atoms with Gasteiger partial charge in [0.15, 0.2) is 0 Å². The second-order valence-corrected chi connectivity index (χ2v) is 4.17. The van der Waals surface area contributed by atoms with Crippen molar-refractivity contribution in [1.29, 1.82) is 0 Å². The van der Waals surface area contributed by atoms with Crippen molar-refractivity contribution in [3.8, 4) is 0 Å². The fraction of sp³-hybridized carbons (Fsp3) is 0.889. The number of ether oxygens (including phenoxy) is 1. The zero-order valence-electron chi connectivity index (χ0n) is 7.09. The van der Waals surface area contributed by atoms with Gasteiger partial charge in [-0.3, -0.25) is 4.79 Å². The molecular formula is C9H14O2. The van der Waals surface area contributed by atoms with E-state index in [9.17, 15) is 4.79 Å². The summed E-state index contributed by atoms with van der Waals surface area (Å²) in [5.41, 5.74) is -0.215. The lowest BCUT2D eigenvalue weighted by Crippen LogP contribution is -2.42. The molecule has 0 aromatic heterocycles. The van der Waals surface area contributed by atoms with Crippen LogP contribution < -0.4 is 0 Å². The van der Waals surface area contributed by atoms with E-state index < -0.39 is 0 Å². The van der Waals surface area contributed by atoms with Crippen LogP contribution in [0.4, 0.5) is 0 Å². The third kappa shape index (κ3) is 0.924. The molecule has 0 aromatic rings. The number of ketones is 1. The molecule has 2 nitrogen and oxygen atoms in total. The van der Waals surface area contributed by atoms with Gasteiger partial charge in [0, 0.05) is 11.8 Å². The van der Waals surface area contributed by atoms with E-state index in [0.29, 0.717) is 12.2 Å². The van der Waals surface area contributed by atoms with Crippen molar-refractivity contribution in [1.82, 2.24) is 0 Å². The molecule has 2 heteroatoms. The number of rotatable bonds is 0. The fourth-order valence-corrected chi connectivity index (χ4v) is 2.04. The summed E-state index contributed by atoms with van der Waals surface area (Å²) in [5, 5.41) is 0. The highest BCUT2D eigenvalue weighted by atomic mass is 16.5. The van der Waals surface area contributed by atoms with Gasteiger partial charge >= 0.3 is 0 Å². The maximum Gasteiger partial charge on any atom is 0.143 e. The monoisotopic (exact) mass is 154 g/mol. The zero-order valence-corrected chi connectivity index (χ0v) is 7.09. The Balaban J connectivity index is 2.27. The van der Waals surface area contributed by atoms with E-state index in [1.165, 1.54) is 0 Å². The van der Waals surface area contributed by atoms with Gasteiger partial charge in [-0.15, -0.1) is 0 Å². The lowest BCUT2D eigenvalue weighted by molar-refractivity contribution is -0.147. The molecule has 0 aromatic carbocycles. The Labute approximate surface area is 66.9 Å². The maximum absolute atomic E-state index is 11.5. The fourth-order valence-electron chi connectivity index (χ4n) is 2.04. The van der Waals surface area contributed by atoms with Crippen molar-refractivity contribution < 1.29 is 9.53 Å². The van der Waals surface area contributed by atoms with Gasteiger partial charge in [-0.2, -0.15) is 0 Å². The minimum absolute atomic E-state index is 0.203. The van der Waals surface area contributed by atoms with E-state index in [0.717, 1.165) is 12.8 Å². The van der Waals surface area contributed by atoms with Crippen LogP contribution in [0.25, 0.3) is 0 Å². The van der Waals surface area contributed by atoms with Gasteiger partial charge in [-0.25, -0.2) is 0 Å². The van der Waals surface area contributed by atoms with Crippen LogP contribution >= 0.6 is 0 Å². The van der Waals surface area contributed by atoms with Crippen LogP contribution in [0.15, 0.2) is 0 Å². The van der Waals surface area contributed by atoms with Crippen LogP contribution in [0.3, 0.4) is 0 Å². The topological polar surface area (TPSA) is 26.3 Å². The van der Waals surface area contributed by atoms with Crippen molar-refractivity contribution in [3.63, 3.8) is 0 Å². The van der Waals surface area contributed by atoms with Crippen molar-refractivity contribution >= 4 is 5.78 Å². The van der Waals surface area contributed by atoms with Crippen LogP contribution in [-0.4, -0.2) is 18.0 Å². The SMILES string of the molecule is CC1(C)C(=O)CC2CCC1O2. The lowest BCUT2D eigenvalue weighted by Gasteiger charge is -2.34. The zero-order chi connectivity index (χ0) is 8.06. The highest BCUT2D eigenvalue weighted by Crippen LogP contribution is 2.41. The predicted octanol–water partition coefficient (Wildman–Crippen LogP) is 1.53. The average molecular weight is 154 g/mol. The summed E-state index contributed by atoms with van der Waals surface area (Å²) in [5.74, 6) is 0.385. The van der Waals surface area contributed by atoms with Crippen LogP contribution in [0.5, 0.6) is 0 Å². The lowest BCUT2D eigenvalue weighted by atomic mass is 9.80. The first-order valence-corrected chi connectivity index (χ1v) is 4.29. The van der Waals surface area contributed by atoms with Gasteiger partial charge < -0.3 is 4.74 Å². The number of hydrogen-bond donors (Lipinski definition) is 0. The Morgan fingerprint density at radius 3 is 2.91 bits per heavy atom.